The molecule has 0 heteroatoms. The van der Waals surface area contributed by atoms with Crippen molar-refractivity contribution >= 4 is 0 Å². The van der Waals surface area contributed by atoms with Crippen LogP contribution in [0.4, 0.5) is 0 Å². The smallest absolute Gasteiger partial charge is 0.00170 e. The van der Waals surface area contributed by atoms with Crippen LogP contribution in [-0.4, -0.2) is 0 Å². The average Bonchev–Trinajstić information content (AvgIpc) is 2.51. The summed E-state index contributed by atoms with van der Waals surface area (Å²) < 4.78 is 0. The van der Waals surface area contributed by atoms with Crippen LogP contribution in [0, 0.1) is 6.92 Å². The normalized spacial score (nSPS) is 10.4. The van der Waals surface area contributed by atoms with Gasteiger partial charge in [-0.05, 0) is 41.2 Å². The minimum absolute atomic E-state index is 0.984. The maximum Gasteiger partial charge on any atom is -0.00170 e. The van der Waals surface area contributed by atoms with Gasteiger partial charge in [0.1, 0.15) is 0 Å². The van der Waals surface area contributed by atoms with Crippen molar-refractivity contribution in [3.63, 3.8) is 0 Å². The fourth-order valence-electron chi connectivity index (χ4n) is 2.63. The van der Waals surface area contributed by atoms with Crippen LogP contribution in [0.2, 0.25) is 0 Å². The number of aryl methyl sites for hydroxylation is 1. The Labute approximate surface area is 120 Å². The Morgan fingerprint density at radius 2 is 1.30 bits per heavy atom. The zero-order valence-electron chi connectivity index (χ0n) is 11.7. The standard InChI is InChI=1S/C20H18/c1-16-9-8-14-19(18-12-6-3-7-13-18)20(16)15-17-10-4-2-5-11-17/h2-14H,15H2,1H3. The molecule has 3 aromatic rings. The van der Waals surface area contributed by atoms with E-state index in [4.69, 9.17) is 0 Å². The van der Waals surface area contributed by atoms with Gasteiger partial charge in [0.25, 0.3) is 0 Å². The summed E-state index contributed by atoms with van der Waals surface area (Å²) in [7, 11) is 0. The lowest BCUT2D eigenvalue weighted by atomic mass is 9.91. The van der Waals surface area contributed by atoms with Crippen LogP contribution in [0.1, 0.15) is 16.7 Å². The van der Waals surface area contributed by atoms with Gasteiger partial charge in [0.2, 0.25) is 0 Å². The number of hydrogen-bond acceptors (Lipinski definition) is 0. The van der Waals surface area contributed by atoms with Crippen molar-refractivity contribution in [2.75, 3.05) is 0 Å². The Balaban J connectivity index is 2.06. The largest absolute Gasteiger partial charge is 0.0622 e. The summed E-state index contributed by atoms with van der Waals surface area (Å²) in [5.41, 5.74) is 6.77. The Bertz CT molecular complexity index is 682. The monoisotopic (exact) mass is 258 g/mol. The van der Waals surface area contributed by atoms with Gasteiger partial charge in [0, 0.05) is 0 Å². The third kappa shape index (κ3) is 2.65. The third-order valence-corrected chi connectivity index (χ3v) is 3.72. The SMILES string of the molecule is Cc1cccc(-c2ccccc2)c1Cc1ccccc1. The number of rotatable bonds is 3. The van der Waals surface area contributed by atoms with E-state index in [0.717, 1.165) is 6.42 Å². The molecule has 0 radical (unpaired) electrons. The lowest BCUT2D eigenvalue weighted by Gasteiger charge is -2.13. The fourth-order valence-corrected chi connectivity index (χ4v) is 2.63. The van der Waals surface area contributed by atoms with Gasteiger partial charge in [0.05, 0.1) is 0 Å². The van der Waals surface area contributed by atoms with E-state index in [2.05, 4.69) is 85.8 Å². The first kappa shape index (κ1) is 12.7. The third-order valence-electron chi connectivity index (χ3n) is 3.72. The maximum absolute atomic E-state index is 2.22. The predicted molar refractivity (Wildman–Crippen MR) is 85.9 cm³/mol. The number of benzene rings is 3. The first-order valence-electron chi connectivity index (χ1n) is 7.02. The Morgan fingerprint density at radius 3 is 2.00 bits per heavy atom. The van der Waals surface area contributed by atoms with E-state index in [1.54, 1.807) is 0 Å². The van der Waals surface area contributed by atoms with Gasteiger partial charge in [-0.25, -0.2) is 0 Å². The molecular weight excluding hydrogens is 240 g/mol. The summed E-state index contributed by atoms with van der Waals surface area (Å²) in [5, 5.41) is 0. The molecule has 0 spiro atoms. The molecule has 0 aliphatic heterocycles. The molecule has 3 rings (SSSR count). The molecule has 0 aliphatic carbocycles. The summed E-state index contributed by atoms with van der Waals surface area (Å²) in [6.45, 7) is 2.20. The molecule has 0 aliphatic rings. The zero-order chi connectivity index (χ0) is 13.8. The molecule has 0 aromatic heterocycles. The van der Waals surface area contributed by atoms with E-state index in [-0.39, 0.29) is 0 Å². The highest BCUT2D eigenvalue weighted by molar-refractivity contribution is 5.69. The van der Waals surface area contributed by atoms with Crippen LogP contribution in [0.25, 0.3) is 11.1 Å². The molecule has 0 atom stereocenters. The second-order valence-corrected chi connectivity index (χ2v) is 5.13. The first-order chi connectivity index (χ1) is 9.84. The van der Waals surface area contributed by atoms with Crippen molar-refractivity contribution in [3.05, 3.63) is 95.6 Å². The molecule has 0 N–H and O–H groups in total. The Morgan fingerprint density at radius 1 is 0.650 bits per heavy atom. The highest BCUT2D eigenvalue weighted by atomic mass is 14.1. The van der Waals surface area contributed by atoms with Crippen LogP contribution in [0.3, 0.4) is 0 Å². The molecular formula is C20H18. The van der Waals surface area contributed by atoms with Crippen molar-refractivity contribution in [3.8, 4) is 11.1 Å². The average molecular weight is 258 g/mol. The molecule has 3 aromatic carbocycles. The number of hydrogen-bond donors (Lipinski definition) is 0. The summed E-state index contributed by atoms with van der Waals surface area (Å²) >= 11 is 0. The van der Waals surface area contributed by atoms with E-state index < -0.39 is 0 Å². The van der Waals surface area contributed by atoms with Gasteiger partial charge in [0.15, 0.2) is 0 Å². The topological polar surface area (TPSA) is 0 Å². The van der Waals surface area contributed by atoms with Gasteiger partial charge >= 0.3 is 0 Å². The molecule has 20 heavy (non-hydrogen) atoms. The van der Waals surface area contributed by atoms with E-state index in [0.29, 0.717) is 0 Å². The lowest BCUT2D eigenvalue weighted by molar-refractivity contribution is 1.16. The van der Waals surface area contributed by atoms with Gasteiger partial charge in [-0.3, -0.25) is 0 Å². The van der Waals surface area contributed by atoms with Gasteiger partial charge < -0.3 is 0 Å². The summed E-state index contributed by atoms with van der Waals surface area (Å²) in [6, 6.07) is 27.9. The molecule has 98 valence electrons. The van der Waals surface area contributed by atoms with E-state index in [9.17, 15) is 0 Å². The molecule has 0 amide bonds. The molecule has 0 nitrogen and oxygen atoms in total. The van der Waals surface area contributed by atoms with Crippen molar-refractivity contribution < 1.29 is 0 Å². The summed E-state index contributed by atoms with van der Waals surface area (Å²) in [4.78, 5) is 0. The van der Waals surface area contributed by atoms with Crippen LogP contribution >= 0.6 is 0 Å². The molecule has 0 heterocycles. The van der Waals surface area contributed by atoms with Crippen molar-refractivity contribution in [2.24, 2.45) is 0 Å². The second-order valence-electron chi connectivity index (χ2n) is 5.13. The zero-order valence-corrected chi connectivity index (χ0v) is 11.7. The summed E-state index contributed by atoms with van der Waals surface area (Å²) in [5.74, 6) is 0. The highest BCUT2D eigenvalue weighted by Gasteiger charge is 2.08. The van der Waals surface area contributed by atoms with Crippen molar-refractivity contribution in [2.45, 2.75) is 13.3 Å². The van der Waals surface area contributed by atoms with Crippen LogP contribution in [0.15, 0.2) is 78.9 Å². The van der Waals surface area contributed by atoms with Crippen LogP contribution in [0.5, 0.6) is 0 Å². The highest BCUT2D eigenvalue weighted by Crippen LogP contribution is 2.28. The summed E-state index contributed by atoms with van der Waals surface area (Å²) in [6.07, 6.45) is 0.984. The quantitative estimate of drug-likeness (QED) is 0.601. The predicted octanol–water partition coefficient (Wildman–Crippen LogP) is 5.25. The van der Waals surface area contributed by atoms with Gasteiger partial charge in [-0.1, -0.05) is 78.9 Å². The first-order valence-corrected chi connectivity index (χ1v) is 7.02. The molecule has 0 bridgehead atoms. The molecule has 0 saturated carbocycles. The Kier molecular flexibility index (Phi) is 3.64. The Hall–Kier alpha value is -2.34. The lowest BCUT2D eigenvalue weighted by Crippen LogP contribution is -1.95. The van der Waals surface area contributed by atoms with E-state index in [1.165, 1.54) is 27.8 Å². The van der Waals surface area contributed by atoms with Crippen molar-refractivity contribution in [1.29, 1.82) is 0 Å². The van der Waals surface area contributed by atoms with Crippen molar-refractivity contribution in [1.82, 2.24) is 0 Å². The van der Waals surface area contributed by atoms with Crippen LogP contribution in [-0.2, 0) is 6.42 Å². The van der Waals surface area contributed by atoms with Gasteiger partial charge in [-0.15, -0.1) is 0 Å². The minimum Gasteiger partial charge on any atom is -0.0622 e. The maximum atomic E-state index is 2.22. The molecule has 0 fully saturated rings. The molecule has 0 unspecified atom stereocenters. The molecule has 0 saturated heterocycles. The van der Waals surface area contributed by atoms with Gasteiger partial charge in [-0.2, -0.15) is 0 Å². The van der Waals surface area contributed by atoms with Crippen LogP contribution < -0.4 is 0 Å². The fraction of sp³-hybridized carbons (Fsp3) is 0.100. The van der Waals surface area contributed by atoms with E-state index >= 15 is 0 Å². The second kappa shape index (κ2) is 5.75. The van der Waals surface area contributed by atoms with E-state index in [1.807, 2.05) is 0 Å². The minimum atomic E-state index is 0.984.